The molecule has 87 heavy (non-hydrogen) atoms. The second kappa shape index (κ2) is 45.9. The molecule has 512 valence electrons. The quantitative estimate of drug-likeness (QED) is 0.0342. The zero-order valence-electron chi connectivity index (χ0n) is 53.1. The molecule has 3 fully saturated rings. The summed E-state index contributed by atoms with van der Waals surface area (Å²) in [5.41, 5.74) is 0. The Hall–Kier alpha value is -2.27. The Labute approximate surface area is 519 Å². The summed E-state index contributed by atoms with van der Waals surface area (Å²) < 4.78 is 34.8. The topological polar surface area (TPSA) is 373 Å². The van der Waals surface area contributed by atoms with Gasteiger partial charge in [0.1, 0.15) is 67.1 Å². The van der Waals surface area contributed by atoms with Crippen LogP contribution in [0.15, 0.2) is 0 Å². The maximum atomic E-state index is 13.4. The molecule has 3 rings (SSSR count). The molecule has 18 unspecified atom stereocenters. The van der Waals surface area contributed by atoms with Crippen molar-refractivity contribution in [2.24, 2.45) is 0 Å². The first-order chi connectivity index (χ1) is 41.9. The number of amides is 2. The summed E-state index contributed by atoms with van der Waals surface area (Å²) in [6.45, 7) is 2.20. The monoisotopic (exact) mass is 1250 g/mol. The van der Waals surface area contributed by atoms with Gasteiger partial charge in [-0.15, -0.1) is 0 Å². The molecular weight excluding hydrogens is 1130 g/mol. The summed E-state index contributed by atoms with van der Waals surface area (Å²) in [5, 5.41) is 136. The first-order valence-corrected chi connectivity index (χ1v) is 33.9. The molecule has 3 heterocycles. The van der Waals surface area contributed by atoms with Crippen molar-refractivity contribution in [3.8, 4) is 0 Å². The molecule has 0 radical (unpaired) electrons. The maximum Gasteiger partial charge on any atom is 0.364 e. The molecule has 23 nitrogen and oxygen atoms in total. The van der Waals surface area contributed by atoms with Crippen molar-refractivity contribution in [1.82, 2.24) is 10.6 Å². The van der Waals surface area contributed by atoms with Crippen LogP contribution in [-0.4, -0.2) is 215 Å². The third-order valence-corrected chi connectivity index (χ3v) is 17.6. The molecule has 3 saturated heterocycles. The standard InChI is InChI=1S/C64H120N2O21/c1-4-6-8-10-12-14-16-17-18-19-20-21-22-23-24-25-26-28-29-31-33-35-37-46(71)45(66-51(74)38-36-34-32-30-27-15-13-11-9-7-5-2)43-82-61-56(78)55(77)58(50(42-69)84-61)85-62-57(79)60(54(76)49(41-68)83-62)87-64(63(80)81)39-47(72)52(65-44(3)70)59(86-64)53(75)48(73)40-67/h45-50,52-62,67-69,71-73,75-79H,4-43H2,1-3H3,(H,65,70)(H,66,74)(H,80,81). The molecule has 14 N–H and O–H groups in total. The van der Waals surface area contributed by atoms with Gasteiger partial charge in [-0.3, -0.25) is 9.59 Å². The van der Waals surface area contributed by atoms with E-state index in [2.05, 4.69) is 24.5 Å². The van der Waals surface area contributed by atoms with Crippen molar-refractivity contribution in [3.05, 3.63) is 0 Å². The Morgan fingerprint density at radius 2 is 1.00 bits per heavy atom. The van der Waals surface area contributed by atoms with E-state index in [1.165, 1.54) is 148 Å². The number of ether oxygens (including phenoxy) is 6. The second-order valence-electron chi connectivity index (χ2n) is 25.0. The number of unbranched alkanes of at least 4 members (excludes halogenated alkanes) is 31. The lowest BCUT2D eigenvalue weighted by molar-refractivity contribution is -0.386. The van der Waals surface area contributed by atoms with E-state index in [1.54, 1.807) is 0 Å². The number of carbonyl (C=O) groups is 3. The molecule has 0 spiro atoms. The van der Waals surface area contributed by atoms with Crippen molar-refractivity contribution in [1.29, 1.82) is 0 Å². The lowest BCUT2D eigenvalue weighted by atomic mass is 9.88. The molecule has 18 atom stereocenters. The van der Waals surface area contributed by atoms with Crippen molar-refractivity contribution >= 4 is 17.8 Å². The fraction of sp³-hybridized carbons (Fsp3) is 0.953. The maximum absolute atomic E-state index is 13.4. The molecule has 0 aromatic carbocycles. The van der Waals surface area contributed by atoms with E-state index in [1.807, 2.05) is 0 Å². The first-order valence-electron chi connectivity index (χ1n) is 33.9. The Kier molecular flexibility index (Phi) is 41.7. The van der Waals surface area contributed by atoms with E-state index in [0.717, 1.165) is 58.3 Å². The van der Waals surface area contributed by atoms with Crippen LogP contribution in [0.4, 0.5) is 0 Å². The van der Waals surface area contributed by atoms with Crippen molar-refractivity contribution in [2.75, 3.05) is 26.4 Å². The van der Waals surface area contributed by atoms with E-state index in [9.17, 15) is 75.7 Å². The summed E-state index contributed by atoms with van der Waals surface area (Å²) in [6, 6.07) is -2.52. The summed E-state index contributed by atoms with van der Waals surface area (Å²) in [4.78, 5) is 38.4. The summed E-state index contributed by atoms with van der Waals surface area (Å²) >= 11 is 0. The number of carboxylic acid groups (broad SMARTS) is 1. The molecule has 0 saturated carbocycles. The zero-order chi connectivity index (χ0) is 64.0. The van der Waals surface area contributed by atoms with Crippen LogP contribution in [0, 0.1) is 0 Å². The van der Waals surface area contributed by atoms with Gasteiger partial charge in [-0.2, -0.15) is 0 Å². The van der Waals surface area contributed by atoms with Crippen LogP contribution in [-0.2, 0) is 42.8 Å². The lowest BCUT2D eigenvalue weighted by Gasteiger charge is -2.50. The summed E-state index contributed by atoms with van der Waals surface area (Å²) in [7, 11) is 0. The van der Waals surface area contributed by atoms with Gasteiger partial charge < -0.3 is 100 Å². The number of nitrogens with one attached hydrogen (secondary N) is 2. The van der Waals surface area contributed by atoms with Crippen LogP contribution in [0.5, 0.6) is 0 Å². The molecule has 3 aliphatic rings. The summed E-state index contributed by atoms with van der Waals surface area (Å²) in [6.07, 6.45) is 11.2. The van der Waals surface area contributed by atoms with Crippen molar-refractivity contribution < 1.29 is 104 Å². The highest BCUT2D eigenvalue weighted by Crippen LogP contribution is 2.39. The molecule has 23 heteroatoms. The number of aliphatic carboxylic acids is 1. The van der Waals surface area contributed by atoms with Gasteiger partial charge in [0.15, 0.2) is 12.6 Å². The lowest BCUT2D eigenvalue weighted by Crippen LogP contribution is -2.70. The smallest absolute Gasteiger partial charge is 0.364 e. The highest BCUT2D eigenvalue weighted by atomic mass is 16.8. The third kappa shape index (κ3) is 29.1. The fourth-order valence-electron chi connectivity index (χ4n) is 12.1. The Balaban J connectivity index is 1.58. The van der Waals surface area contributed by atoms with Crippen molar-refractivity contribution in [2.45, 2.75) is 362 Å². The van der Waals surface area contributed by atoms with Gasteiger partial charge in [-0.05, 0) is 12.8 Å². The van der Waals surface area contributed by atoms with E-state index < -0.39 is 148 Å². The Morgan fingerprint density at radius 1 is 0.552 bits per heavy atom. The van der Waals surface area contributed by atoms with Crippen LogP contribution >= 0.6 is 0 Å². The average molecular weight is 1250 g/mol. The number of carbonyl (C=O) groups excluding carboxylic acids is 2. The van der Waals surface area contributed by atoms with E-state index in [4.69, 9.17) is 28.4 Å². The molecule has 2 amide bonds. The third-order valence-electron chi connectivity index (χ3n) is 17.6. The Bertz CT molecular complexity index is 1780. The van der Waals surface area contributed by atoms with Crippen LogP contribution in [0.3, 0.4) is 0 Å². The van der Waals surface area contributed by atoms with Gasteiger partial charge >= 0.3 is 5.97 Å². The number of carboxylic acids is 1. The molecule has 0 aromatic rings. The van der Waals surface area contributed by atoms with Crippen LogP contribution in [0.25, 0.3) is 0 Å². The van der Waals surface area contributed by atoms with Crippen LogP contribution < -0.4 is 10.6 Å². The molecule has 3 aliphatic heterocycles. The highest BCUT2D eigenvalue weighted by Gasteiger charge is 2.60. The van der Waals surface area contributed by atoms with Gasteiger partial charge in [0.05, 0.1) is 50.7 Å². The predicted octanol–water partition coefficient (Wildman–Crippen LogP) is 5.34. The first kappa shape index (κ1) is 79.0. The van der Waals surface area contributed by atoms with E-state index >= 15 is 0 Å². The highest BCUT2D eigenvalue weighted by molar-refractivity contribution is 5.77. The fourth-order valence-corrected chi connectivity index (χ4v) is 12.1. The van der Waals surface area contributed by atoms with Gasteiger partial charge in [-0.1, -0.05) is 219 Å². The number of hydrogen-bond donors (Lipinski definition) is 14. The van der Waals surface area contributed by atoms with Gasteiger partial charge in [0.25, 0.3) is 5.79 Å². The molecule has 0 aliphatic carbocycles. The van der Waals surface area contributed by atoms with Gasteiger partial charge in [0, 0.05) is 19.8 Å². The normalized spacial score (nSPS) is 29.1. The van der Waals surface area contributed by atoms with E-state index in [0.29, 0.717) is 19.3 Å². The SMILES string of the molecule is CCCCCCCCCCCCCCCCCCCCCCCCC(O)C(COC1OC(CO)C(OC2OC(CO)C(O)C(OC3(C(=O)O)CC(O)C(NC(C)=O)C(C(O)C(O)CO)O3)C2O)C(O)C1O)NC(=O)CCCCCCCCCCCCC. The van der Waals surface area contributed by atoms with Gasteiger partial charge in [-0.25, -0.2) is 4.79 Å². The Morgan fingerprint density at radius 3 is 1.44 bits per heavy atom. The number of aliphatic hydroxyl groups is 11. The van der Waals surface area contributed by atoms with Crippen LogP contribution in [0.1, 0.15) is 252 Å². The van der Waals surface area contributed by atoms with Gasteiger partial charge in [0.2, 0.25) is 11.8 Å². The van der Waals surface area contributed by atoms with Crippen LogP contribution in [0.2, 0.25) is 0 Å². The molecular formula is C64H120N2O21. The van der Waals surface area contributed by atoms with E-state index in [-0.39, 0.29) is 18.9 Å². The van der Waals surface area contributed by atoms with Crippen molar-refractivity contribution in [3.63, 3.8) is 0 Å². The second-order valence-corrected chi connectivity index (χ2v) is 25.0. The summed E-state index contributed by atoms with van der Waals surface area (Å²) in [5.74, 6) is -6.09. The number of aliphatic hydroxyl groups excluding tert-OH is 11. The molecule has 0 aromatic heterocycles. The average Bonchev–Trinajstić information content (AvgIpc) is 1.14. The predicted molar refractivity (Wildman–Crippen MR) is 325 cm³/mol. The minimum absolute atomic E-state index is 0.228. The minimum atomic E-state index is -3.08. The minimum Gasteiger partial charge on any atom is -0.477 e. The largest absolute Gasteiger partial charge is 0.477 e. The number of rotatable bonds is 51. The molecule has 0 bridgehead atoms. The number of hydrogen-bond acceptors (Lipinski definition) is 20. The zero-order valence-corrected chi connectivity index (χ0v) is 53.1.